The molecule has 0 amide bonds. The Morgan fingerprint density at radius 3 is 2.00 bits per heavy atom. The molecule has 0 spiro atoms. The van der Waals surface area contributed by atoms with E-state index in [0.29, 0.717) is 5.92 Å². The molecule has 0 N–H and O–H groups in total. The molecule has 0 saturated heterocycles. The first-order chi connectivity index (χ1) is 24.7. The van der Waals surface area contributed by atoms with Crippen LogP contribution in [0, 0.1) is 19.8 Å². The first-order valence-electron chi connectivity index (χ1n) is 18.3. The number of fused-ring (bicyclic) bond motifs is 5. The number of hydrogen-bond donors (Lipinski definition) is 0. The molecular weight excluding hydrogens is 613 g/mol. The van der Waals surface area contributed by atoms with Crippen molar-refractivity contribution in [2.75, 3.05) is 0 Å². The molecule has 0 radical (unpaired) electrons. The lowest BCUT2D eigenvalue weighted by atomic mass is 9.87. The molecule has 7 aromatic rings. The minimum Gasteiger partial charge on any atom is -0.0985 e. The van der Waals surface area contributed by atoms with Gasteiger partial charge in [0.1, 0.15) is 0 Å². The highest BCUT2D eigenvalue weighted by atomic mass is 14.2. The maximum absolute atomic E-state index is 4.11. The van der Waals surface area contributed by atoms with Gasteiger partial charge in [0.2, 0.25) is 0 Å². The molecule has 0 nitrogen and oxygen atoms in total. The summed E-state index contributed by atoms with van der Waals surface area (Å²) in [6.07, 6.45) is 9.75. The normalized spacial score (nSPS) is 12.2. The molecule has 0 aromatic heterocycles. The van der Waals surface area contributed by atoms with Crippen LogP contribution in [-0.4, -0.2) is 0 Å². The second kappa shape index (κ2) is 14.0. The van der Waals surface area contributed by atoms with E-state index in [4.69, 9.17) is 0 Å². The van der Waals surface area contributed by atoms with Crippen LogP contribution in [0.5, 0.6) is 0 Å². The summed E-state index contributed by atoms with van der Waals surface area (Å²) in [5.41, 5.74) is 14.2. The van der Waals surface area contributed by atoms with Crippen LogP contribution in [0.2, 0.25) is 0 Å². The largest absolute Gasteiger partial charge is 0.0985 e. The van der Waals surface area contributed by atoms with Gasteiger partial charge in [-0.25, -0.2) is 0 Å². The Balaban J connectivity index is 1.27. The van der Waals surface area contributed by atoms with E-state index in [9.17, 15) is 0 Å². The van der Waals surface area contributed by atoms with Crippen molar-refractivity contribution in [2.45, 2.75) is 54.9 Å². The zero-order chi connectivity index (χ0) is 35.8. The van der Waals surface area contributed by atoms with Crippen LogP contribution < -0.4 is 0 Å². The number of allylic oxidation sites excluding steroid dienone is 6. The maximum Gasteiger partial charge on any atom is -0.00697 e. The van der Waals surface area contributed by atoms with Crippen molar-refractivity contribution in [3.05, 3.63) is 173 Å². The van der Waals surface area contributed by atoms with Crippen molar-refractivity contribution >= 4 is 60.3 Å². The molecule has 0 aliphatic heterocycles. The molecule has 7 aromatic carbocycles. The molecular formula is C51H48. The van der Waals surface area contributed by atoms with E-state index in [0.717, 1.165) is 6.42 Å². The molecule has 0 saturated carbocycles. The predicted molar refractivity (Wildman–Crippen MR) is 228 cm³/mol. The molecule has 0 aliphatic rings. The van der Waals surface area contributed by atoms with E-state index in [2.05, 4.69) is 182 Å². The molecule has 0 atom stereocenters. The average Bonchev–Trinajstić information content (AvgIpc) is 3.13. The third-order valence-electron chi connectivity index (χ3n) is 10.9. The Kier molecular flexibility index (Phi) is 9.37. The number of aryl methyl sites for hydroxylation is 2. The topological polar surface area (TPSA) is 0 Å². The lowest BCUT2D eigenvalue weighted by Gasteiger charge is -2.16. The van der Waals surface area contributed by atoms with Crippen LogP contribution >= 0.6 is 0 Å². The fraction of sp³-hybridized carbons (Fsp3) is 0.176. The summed E-state index contributed by atoms with van der Waals surface area (Å²) in [5, 5.41) is 10.4. The van der Waals surface area contributed by atoms with Gasteiger partial charge in [-0.1, -0.05) is 147 Å². The van der Waals surface area contributed by atoms with E-state index >= 15 is 0 Å². The summed E-state index contributed by atoms with van der Waals surface area (Å²) in [6.45, 7) is 19.7. The summed E-state index contributed by atoms with van der Waals surface area (Å²) >= 11 is 0. The molecule has 7 rings (SSSR count). The van der Waals surface area contributed by atoms with Gasteiger partial charge in [-0.15, -0.1) is 0 Å². The van der Waals surface area contributed by atoms with Gasteiger partial charge in [-0.3, -0.25) is 0 Å². The lowest BCUT2D eigenvalue weighted by Crippen LogP contribution is -1.94. The van der Waals surface area contributed by atoms with Crippen LogP contribution in [-0.2, 0) is 6.42 Å². The van der Waals surface area contributed by atoms with Crippen LogP contribution in [0.1, 0.15) is 68.0 Å². The second-order valence-electron chi connectivity index (χ2n) is 14.5. The van der Waals surface area contributed by atoms with Gasteiger partial charge < -0.3 is 0 Å². The maximum atomic E-state index is 4.11. The van der Waals surface area contributed by atoms with Gasteiger partial charge in [0.15, 0.2) is 0 Å². The Bertz CT molecular complexity index is 2580. The van der Waals surface area contributed by atoms with Crippen molar-refractivity contribution in [1.29, 1.82) is 0 Å². The second-order valence-corrected chi connectivity index (χ2v) is 14.5. The minimum absolute atomic E-state index is 0.494. The van der Waals surface area contributed by atoms with Gasteiger partial charge in [-0.05, 0) is 158 Å². The average molecular weight is 661 g/mol. The molecule has 0 heterocycles. The summed E-state index contributed by atoms with van der Waals surface area (Å²) in [7, 11) is 0. The Morgan fingerprint density at radius 2 is 1.27 bits per heavy atom. The van der Waals surface area contributed by atoms with Crippen LogP contribution in [0.3, 0.4) is 0 Å². The van der Waals surface area contributed by atoms with E-state index in [1.807, 2.05) is 6.08 Å². The number of benzene rings is 7. The van der Waals surface area contributed by atoms with Gasteiger partial charge in [-0.2, -0.15) is 0 Å². The highest BCUT2D eigenvalue weighted by molar-refractivity contribution is 6.13. The van der Waals surface area contributed by atoms with Crippen molar-refractivity contribution < 1.29 is 0 Å². The number of hydrogen-bond acceptors (Lipinski definition) is 0. The van der Waals surface area contributed by atoms with E-state index in [1.165, 1.54) is 104 Å². The Hall–Kier alpha value is -5.46. The summed E-state index contributed by atoms with van der Waals surface area (Å²) in [5.74, 6) is 0.494. The first kappa shape index (κ1) is 34.0. The van der Waals surface area contributed by atoms with Gasteiger partial charge in [0, 0.05) is 0 Å². The van der Waals surface area contributed by atoms with Gasteiger partial charge >= 0.3 is 0 Å². The number of rotatable bonds is 8. The Labute approximate surface area is 304 Å². The standard InChI is InChI=1S/C51H48/c1-9-43(32(3)4)41-24-21-38-19-18-36(34(7)49(38)30-41)14-13-15-37-26-29-48(47-17-12-11-16-46(37)47)45-28-27-40-23-20-39-22-25-42(44(10-2)33(5)6)31-50(39)51(40)35(45)8/h9-14,16-32H,2,15H2,1,3-8H3/b14-13-,43-9+. The summed E-state index contributed by atoms with van der Waals surface area (Å²) in [4.78, 5) is 0. The zero-order valence-electron chi connectivity index (χ0n) is 31.2. The molecule has 0 fully saturated rings. The molecule has 0 bridgehead atoms. The minimum atomic E-state index is 0.494. The SMILES string of the molecule is C=CC(=C(C)C)c1ccc2ccc3ccc(-c4ccc(C/C=C\c5ccc6ccc(/C(=C/C)C(C)C)cc6c5C)c5ccccc45)c(C)c3c2c1. The highest BCUT2D eigenvalue weighted by Gasteiger charge is 2.14. The van der Waals surface area contributed by atoms with Gasteiger partial charge in [0.05, 0.1) is 0 Å². The smallest absolute Gasteiger partial charge is 0.00697 e. The Morgan fingerprint density at radius 1 is 0.647 bits per heavy atom. The van der Waals surface area contributed by atoms with Crippen molar-refractivity contribution in [1.82, 2.24) is 0 Å². The monoisotopic (exact) mass is 660 g/mol. The predicted octanol–water partition coefficient (Wildman–Crippen LogP) is 14.9. The fourth-order valence-corrected chi connectivity index (χ4v) is 8.16. The highest BCUT2D eigenvalue weighted by Crippen LogP contribution is 2.39. The quantitative estimate of drug-likeness (QED) is 0.112. The van der Waals surface area contributed by atoms with Crippen molar-refractivity contribution in [2.24, 2.45) is 5.92 Å². The van der Waals surface area contributed by atoms with Crippen LogP contribution in [0.4, 0.5) is 0 Å². The van der Waals surface area contributed by atoms with Crippen LogP contribution in [0.25, 0.3) is 71.4 Å². The molecule has 51 heavy (non-hydrogen) atoms. The third kappa shape index (κ3) is 6.25. The van der Waals surface area contributed by atoms with Crippen molar-refractivity contribution in [3.63, 3.8) is 0 Å². The molecule has 0 aliphatic carbocycles. The summed E-state index contributed by atoms with van der Waals surface area (Å²) < 4.78 is 0. The van der Waals surface area contributed by atoms with Gasteiger partial charge in [0.25, 0.3) is 0 Å². The fourth-order valence-electron chi connectivity index (χ4n) is 8.16. The van der Waals surface area contributed by atoms with E-state index < -0.39 is 0 Å². The van der Waals surface area contributed by atoms with Crippen LogP contribution in [0.15, 0.2) is 140 Å². The van der Waals surface area contributed by atoms with E-state index in [-0.39, 0.29) is 0 Å². The third-order valence-corrected chi connectivity index (χ3v) is 10.9. The zero-order valence-corrected chi connectivity index (χ0v) is 31.2. The van der Waals surface area contributed by atoms with E-state index in [1.54, 1.807) is 0 Å². The molecule has 0 heteroatoms. The molecule has 0 unspecified atom stereocenters. The molecule has 252 valence electrons. The van der Waals surface area contributed by atoms with Crippen molar-refractivity contribution in [3.8, 4) is 11.1 Å². The lowest BCUT2D eigenvalue weighted by molar-refractivity contribution is 0.854. The summed E-state index contributed by atoms with van der Waals surface area (Å²) in [6, 6.07) is 41.0. The first-order valence-corrected chi connectivity index (χ1v) is 18.3.